The van der Waals surface area contributed by atoms with E-state index >= 15 is 0 Å². The molecule has 0 atom stereocenters. The summed E-state index contributed by atoms with van der Waals surface area (Å²) < 4.78 is 40.4. The molecule has 27 heavy (non-hydrogen) atoms. The zero-order valence-corrected chi connectivity index (χ0v) is 14.9. The van der Waals surface area contributed by atoms with Crippen molar-refractivity contribution in [3.05, 3.63) is 70.7 Å². The Bertz CT molecular complexity index is 1020. The number of carbonyl (C=O) groups excluding carboxylic acids is 1. The Balaban J connectivity index is 1.48. The maximum Gasteiger partial charge on any atom is 0.256 e. The van der Waals surface area contributed by atoms with Crippen molar-refractivity contribution in [2.24, 2.45) is 0 Å². The van der Waals surface area contributed by atoms with Crippen LogP contribution in [0.25, 0.3) is 10.9 Å². The predicted molar refractivity (Wildman–Crippen MR) is 97.2 cm³/mol. The van der Waals surface area contributed by atoms with Crippen LogP contribution in [0.3, 0.4) is 0 Å². The number of benzene rings is 2. The van der Waals surface area contributed by atoms with Crippen molar-refractivity contribution in [1.29, 1.82) is 0 Å². The van der Waals surface area contributed by atoms with Crippen LogP contribution in [0.1, 0.15) is 40.4 Å². The van der Waals surface area contributed by atoms with E-state index in [1.54, 1.807) is 0 Å². The van der Waals surface area contributed by atoms with Crippen LogP contribution in [0, 0.1) is 24.4 Å². The van der Waals surface area contributed by atoms with Gasteiger partial charge in [0.25, 0.3) is 5.91 Å². The van der Waals surface area contributed by atoms with E-state index in [1.807, 2.05) is 6.92 Å². The molecule has 1 N–H and O–H groups in total. The molecule has 1 aromatic heterocycles. The van der Waals surface area contributed by atoms with Crippen LogP contribution in [0.4, 0.5) is 13.2 Å². The molecule has 0 unspecified atom stereocenters. The lowest BCUT2D eigenvalue weighted by Gasteiger charge is -2.31. The second-order valence-electron chi connectivity index (χ2n) is 7.10. The summed E-state index contributed by atoms with van der Waals surface area (Å²) in [5.74, 6) is -4.65. The minimum absolute atomic E-state index is 0.275. The van der Waals surface area contributed by atoms with Gasteiger partial charge in [0.05, 0.1) is 5.56 Å². The standard InChI is InChI=1S/C21H19F3N2O/c1-12-2-5-17-14(10-12)11-18(25-17)13-6-8-26(9-7-13)21(27)15-3-4-16(22)20(24)19(15)23/h2-5,10-11,13,25H,6-9H2,1H3. The highest BCUT2D eigenvalue weighted by Crippen LogP contribution is 2.31. The van der Waals surface area contributed by atoms with Crippen molar-refractivity contribution < 1.29 is 18.0 Å². The van der Waals surface area contributed by atoms with E-state index in [0.717, 1.165) is 41.6 Å². The first-order chi connectivity index (χ1) is 12.9. The molecule has 0 aliphatic carbocycles. The van der Waals surface area contributed by atoms with E-state index in [2.05, 4.69) is 29.2 Å². The lowest BCUT2D eigenvalue weighted by Crippen LogP contribution is -2.38. The van der Waals surface area contributed by atoms with E-state index < -0.39 is 28.9 Å². The van der Waals surface area contributed by atoms with Crippen molar-refractivity contribution in [3.8, 4) is 0 Å². The van der Waals surface area contributed by atoms with Crippen molar-refractivity contribution >= 4 is 16.8 Å². The molecule has 1 aliphatic heterocycles. The van der Waals surface area contributed by atoms with E-state index in [1.165, 1.54) is 10.5 Å². The van der Waals surface area contributed by atoms with Crippen LogP contribution in [-0.4, -0.2) is 28.9 Å². The molecule has 140 valence electrons. The van der Waals surface area contributed by atoms with Gasteiger partial charge < -0.3 is 9.88 Å². The number of amides is 1. The number of piperidine rings is 1. The third-order valence-electron chi connectivity index (χ3n) is 5.28. The summed E-state index contributed by atoms with van der Waals surface area (Å²) in [7, 11) is 0. The lowest BCUT2D eigenvalue weighted by molar-refractivity contribution is 0.0706. The zero-order chi connectivity index (χ0) is 19.1. The maximum atomic E-state index is 13.9. The summed E-state index contributed by atoms with van der Waals surface area (Å²) in [6.45, 7) is 2.93. The molecule has 1 fully saturated rings. The number of nitrogens with one attached hydrogen (secondary N) is 1. The normalized spacial score (nSPS) is 15.5. The number of likely N-dealkylation sites (tertiary alicyclic amines) is 1. The second kappa shape index (κ2) is 6.76. The topological polar surface area (TPSA) is 36.1 Å². The van der Waals surface area contributed by atoms with Crippen LogP contribution in [0.2, 0.25) is 0 Å². The summed E-state index contributed by atoms with van der Waals surface area (Å²) in [6.07, 6.45) is 1.45. The highest BCUT2D eigenvalue weighted by Gasteiger charge is 2.28. The number of carbonyl (C=O) groups is 1. The monoisotopic (exact) mass is 372 g/mol. The number of fused-ring (bicyclic) bond motifs is 1. The Labute approximate surface area is 154 Å². The molecule has 0 spiro atoms. The number of halogens is 3. The average Bonchev–Trinajstić information content (AvgIpc) is 3.09. The first-order valence-electron chi connectivity index (χ1n) is 8.96. The number of nitrogens with zero attached hydrogens (tertiary/aromatic N) is 1. The van der Waals surface area contributed by atoms with Crippen LogP contribution < -0.4 is 0 Å². The maximum absolute atomic E-state index is 13.9. The van der Waals surface area contributed by atoms with Gasteiger partial charge >= 0.3 is 0 Å². The number of hydrogen-bond acceptors (Lipinski definition) is 1. The van der Waals surface area contributed by atoms with Crippen LogP contribution in [0.15, 0.2) is 36.4 Å². The van der Waals surface area contributed by atoms with E-state index in [9.17, 15) is 18.0 Å². The average molecular weight is 372 g/mol. The summed E-state index contributed by atoms with van der Waals surface area (Å²) in [4.78, 5) is 17.4. The Morgan fingerprint density at radius 2 is 1.78 bits per heavy atom. The molecule has 4 rings (SSSR count). The van der Waals surface area contributed by atoms with Gasteiger partial charge in [0, 0.05) is 30.2 Å². The van der Waals surface area contributed by atoms with Crippen molar-refractivity contribution in [2.75, 3.05) is 13.1 Å². The predicted octanol–water partition coefficient (Wildman–Crippen LogP) is 4.91. The molecule has 1 saturated heterocycles. The quantitative estimate of drug-likeness (QED) is 0.637. The SMILES string of the molecule is Cc1ccc2[nH]c(C3CCN(C(=O)c4ccc(F)c(F)c4F)CC3)cc2c1. The first-order valence-corrected chi connectivity index (χ1v) is 8.96. The molecule has 1 aliphatic rings. The lowest BCUT2D eigenvalue weighted by atomic mass is 9.93. The summed E-state index contributed by atoms with van der Waals surface area (Å²) in [5.41, 5.74) is 2.98. The van der Waals surface area contributed by atoms with Gasteiger partial charge in [0.15, 0.2) is 17.5 Å². The smallest absolute Gasteiger partial charge is 0.256 e. The Morgan fingerprint density at radius 3 is 2.52 bits per heavy atom. The van der Waals surface area contributed by atoms with E-state index in [4.69, 9.17) is 0 Å². The Kier molecular flexibility index (Phi) is 4.42. The van der Waals surface area contributed by atoms with Gasteiger partial charge in [-0.05, 0) is 55.5 Å². The molecular weight excluding hydrogens is 353 g/mol. The number of hydrogen-bond donors (Lipinski definition) is 1. The number of aromatic nitrogens is 1. The first kappa shape index (κ1) is 17.6. The van der Waals surface area contributed by atoms with E-state index in [-0.39, 0.29) is 5.92 Å². The van der Waals surface area contributed by atoms with Gasteiger partial charge in [-0.15, -0.1) is 0 Å². The second-order valence-corrected chi connectivity index (χ2v) is 7.10. The minimum atomic E-state index is -1.61. The fraction of sp³-hybridized carbons (Fsp3) is 0.286. The fourth-order valence-electron chi connectivity index (χ4n) is 3.75. The highest BCUT2D eigenvalue weighted by atomic mass is 19.2. The number of rotatable bonds is 2. The highest BCUT2D eigenvalue weighted by molar-refractivity contribution is 5.94. The largest absolute Gasteiger partial charge is 0.358 e. The van der Waals surface area contributed by atoms with Gasteiger partial charge in [-0.2, -0.15) is 0 Å². The van der Waals surface area contributed by atoms with Gasteiger partial charge in [-0.25, -0.2) is 13.2 Å². The molecule has 3 aromatic rings. The van der Waals surface area contributed by atoms with Crippen LogP contribution in [0.5, 0.6) is 0 Å². The number of aryl methyl sites for hydroxylation is 1. The van der Waals surface area contributed by atoms with Gasteiger partial charge in [0.1, 0.15) is 0 Å². The molecule has 0 radical (unpaired) electrons. The third-order valence-corrected chi connectivity index (χ3v) is 5.28. The molecule has 6 heteroatoms. The van der Waals surface area contributed by atoms with Crippen LogP contribution >= 0.6 is 0 Å². The van der Waals surface area contributed by atoms with Crippen molar-refractivity contribution in [3.63, 3.8) is 0 Å². The molecule has 0 bridgehead atoms. The van der Waals surface area contributed by atoms with Gasteiger partial charge in [0.2, 0.25) is 0 Å². The summed E-state index contributed by atoms with van der Waals surface area (Å²) >= 11 is 0. The van der Waals surface area contributed by atoms with Crippen molar-refractivity contribution in [2.45, 2.75) is 25.7 Å². The number of aromatic amines is 1. The molecule has 2 aromatic carbocycles. The molecule has 1 amide bonds. The third kappa shape index (κ3) is 3.20. The molecule has 3 nitrogen and oxygen atoms in total. The number of H-pyrrole nitrogens is 1. The molecular formula is C21H19F3N2O. The van der Waals surface area contributed by atoms with E-state index in [0.29, 0.717) is 13.1 Å². The molecule has 0 saturated carbocycles. The molecule has 2 heterocycles. The van der Waals surface area contributed by atoms with Crippen LogP contribution in [-0.2, 0) is 0 Å². The summed E-state index contributed by atoms with van der Waals surface area (Å²) in [6, 6.07) is 10.2. The minimum Gasteiger partial charge on any atom is -0.358 e. The van der Waals surface area contributed by atoms with Gasteiger partial charge in [-0.1, -0.05) is 11.6 Å². The van der Waals surface area contributed by atoms with Gasteiger partial charge in [-0.3, -0.25) is 4.79 Å². The fourth-order valence-corrected chi connectivity index (χ4v) is 3.75. The zero-order valence-electron chi connectivity index (χ0n) is 14.9. The van der Waals surface area contributed by atoms with Crippen molar-refractivity contribution in [1.82, 2.24) is 9.88 Å². The Morgan fingerprint density at radius 1 is 1.04 bits per heavy atom. The Hall–Kier alpha value is -2.76. The summed E-state index contributed by atoms with van der Waals surface area (Å²) in [5, 5.41) is 1.16.